The van der Waals surface area contributed by atoms with Crippen LogP contribution in [-0.2, 0) is 0 Å². The largest absolute Gasteiger partial charge is 0.496 e. The Hall–Kier alpha value is -2.49. The van der Waals surface area contributed by atoms with Crippen molar-refractivity contribution in [3.63, 3.8) is 0 Å². The van der Waals surface area contributed by atoms with E-state index in [0.717, 1.165) is 6.20 Å². The van der Waals surface area contributed by atoms with Crippen molar-refractivity contribution in [3.8, 4) is 11.8 Å². The molecule has 0 atom stereocenters. The maximum atomic E-state index is 12.5. The second-order valence-electron chi connectivity index (χ2n) is 3.71. The SMILES string of the molecule is COc1ccc(C#N)c2[nH]cc(C(=O)C(F)(F)F)c12. The minimum atomic E-state index is -4.98. The zero-order chi connectivity index (χ0) is 14.2. The van der Waals surface area contributed by atoms with Crippen LogP contribution >= 0.6 is 0 Å². The number of alkyl halides is 3. The highest BCUT2D eigenvalue weighted by atomic mass is 19.4. The lowest BCUT2D eigenvalue weighted by Gasteiger charge is -2.07. The fourth-order valence-electron chi connectivity index (χ4n) is 1.81. The van der Waals surface area contributed by atoms with Crippen LogP contribution in [0, 0.1) is 11.3 Å². The smallest absolute Gasteiger partial charge is 0.454 e. The fraction of sp³-hybridized carbons (Fsp3) is 0.167. The molecule has 1 N–H and O–H groups in total. The Morgan fingerprint density at radius 2 is 2.11 bits per heavy atom. The van der Waals surface area contributed by atoms with Crippen LogP contribution in [0.2, 0.25) is 0 Å². The van der Waals surface area contributed by atoms with Gasteiger partial charge >= 0.3 is 6.18 Å². The number of nitriles is 1. The Balaban J connectivity index is 2.78. The second-order valence-corrected chi connectivity index (χ2v) is 3.71. The number of H-pyrrole nitrogens is 1. The molecule has 2 rings (SSSR count). The number of hydrogen-bond acceptors (Lipinski definition) is 3. The summed E-state index contributed by atoms with van der Waals surface area (Å²) in [5, 5.41) is 8.85. The number of methoxy groups -OCH3 is 1. The number of carbonyl (C=O) groups is 1. The van der Waals surface area contributed by atoms with E-state index >= 15 is 0 Å². The average molecular weight is 268 g/mol. The van der Waals surface area contributed by atoms with Crippen LogP contribution in [0.15, 0.2) is 18.3 Å². The summed E-state index contributed by atoms with van der Waals surface area (Å²) in [6.45, 7) is 0. The van der Waals surface area contributed by atoms with E-state index in [1.54, 1.807) is 0 Å². The molecule has 4 nitrogen and oxygen atoms in total. The number of fused-ring (bicyclic) bond motifs is 1. The number of aromatic nitrogens is 1. The summed E-state index contributed by atoms with van der Waals surface area (Å²) in [4.78, 5) is 13.8. The predicted molar refractivity (Wildman–Crippen MR) is 60.0 cm³/mol. The number of nitrogens with one attached hydrogen (secondary N) is 1. The number of nitrogens with zero attached hydrogens (tertiary/aromatic N) is 1. The molecule has 0 unspecified atom stereocenters. The Kier molecular flexibility index (Phi) is 2.94. The lowest BCUT2D eigenvalue weighted by Crippen LogP contribution is -2.22. The topological polar surface area (TPSA) is 65.9 Å². The molecule has 0 aliphatic heterocycles. The molecule has 0 saturated carbocycles. The zero-order valence-electron chi connectivity index (χ0n) is 9.63. The highest BCUT2D eigenvalue weighted by Crippen LogP contribution is 2.34. The van der Waals surface area contributed by atoms with Gasteiger partial charge in [-0.05, 0) is 12.1 Å². The molecule has 0 fully saturated rings. The maximum Gasteiger partial charge on any atom is 0.454 e. The van der Waals surface area contributed by atoms with Crippen molar-refractivity contribution in [3.05, 3.63) is 29.5 Å². The quantitative estimate of drug-likeness (QED) is 0.851. The molecule has 0 aliphatic rings. The second kappa shape index (κ2) is 4.31. The Labute approximate surface area is 105 Å². The van der Waals surface area contributed by atoms with E-state index in [2.05, 4.69) is 4.98 Å². The highest BCUT2D eigenvalue weighted by Gasteiger charge is 2.41. The van der Waals surface area contributed by atoms with Crippen molar-refractivity contribution >= 4 is 16.7 Å². The van der Waals surface area contributed by atoms with E-state index in [1.165, 1.54) is 19.2 Å². The number of aromatic amines is 1. The van der Waals surface area contributed by atoms with E-state index in [9.17, 15) is 18.0 Å². The minimum Gasteiger partial charge on any atom is -0.496 e. The molecule has 2 aromatic rings. The number of rotatable bonds is 2. The molecule has 1 aromatic heterocycles. The van der Waals surface area contributed by atoms with Gasteiger partial charge in [-0.25, -0.2) is 0 Å². The number of carbonyl (C=O) groups excluding carboxylic acids is 1. The third kappa shape index (κ3) is 2.01. The highest BCUT2D eigenvalue weighted by molar-refractivity contribution is 6.13. The molecule has 1 heterocycles. The molecular formula is C12H7F3N2O2. The van der Waals surface area contributed by atoms with E-state index < -0.39 is 17.5 Å². The van der Waals surface area contributed by atoms with Gasteiger partial charge < -0.3 is 9.72 Å². The molecule has 0 spiro atoms. The summed E-state index contributed by atoms with van der Waals surface area (Å²) in [5.41, 5.74) is -0.275. The van der Waals surface area contributed by atoms with Crippen LogP contribution in [0.1, 0.15) is 15.9 Å². The third-order valence-electron chi connectivity index (χ3n) is 2.64. The number of ether oxygens (including phenoxy) is 1. The van der Waals surface area contributed by atoms with Gasteiger partial charge in [0, 0.05) is 6.20 Å². The molecule has 1 aromatic carbocycles. The first-order chi connectivity index (χ1) is 8.90. The fourth-order valence-corrected chi connectivity index (χ4v) is 1.81. The Morgan fingerprint density at radius 1 is 1.42 bits per heavy atom. The van der Waals surface area contributed by atoms with Crippen LogP contribution in [-0.4, -0.2) is 24.1 Å². The number of benzene rings is 1. The number of hydrogen-bond donors (Lipinski definition) is 1. The van der Waals surface area contributed by atoms with Gasteiger partial charge in [-0.15, -0.1) is 0 Å². The van der Waals surface area contributed by atoms with Crippen molar-refractivity contribution in [2.75, 3.05) is 7.11 Å². The first kappa shape index (κ1) is 13.0. The van der Waals surface area contributed by atoms with Gasteiger partial charge in [0.1, 0.15) is 11.8 Å². The monoisotopic (exact) mass is 268 g/mol. The molecule has 0 radical (unpaired) electrons. The third-order valence-corrected chi connectivity index (χ3v) is 2.64. The van der Waals surface area contributed by atoms with Crippen LogP contribution in [0.5, 0.6) is 5.75 Å². The van der Waals surface area contributed by atoms with E-state index in [4.69, 9.17) is 10.00 Å². The lowest BCUT2D eigenvalue weighted by atomic mass is 10.1. The summed E-state index contributed by atoms with van der Waals surface area (Å²) in [5.74, 6) is -1.88. The standard InChI is InChI=1S/C12H7F3N2O2/c1-19-8-3-2-6(4-16)10-9(8)7(5-17-10)11(18)12(13,14)15/h2-3,5,17H,1H3. The van der Waals surface area contributed by atoms with Crippen LogP contribution in [0.3, 0.4) is 0 Å². The molecule has 0 bridgehead atoms. The summed E-state index contributed by atoms with van der Waals surface area (Å²) >= 11 is 0. The van der Waals surface area contributed by atoms with Crippen LogP contribution in [0.4, 0.5) is 13.2 Å². The zero-order valence-corrected chi connectivity index (χ0v) is 9.63. The minimum absolute atomic E-state index is 0.0381. The number of Topliss-reactive ketones (excluding diaryl/α,β-unsaturated/α-hetero) is 1. The van der Waals surface area contributed by atoms with Gasteiger partial charge in [-0.1, -0.05) is 0 Å². The molecular weight excluding hydrogens is 261 g/mol. The van der Waals surface area contributed by atoms with Gasteiger partial charge in [0.05, 0.1) is 29.1 Å². The van der Waals surface area contributed by atoms with Crippen molar-refractivity contribution in [1.82, 2.24) is 4.98 Å². The summed E-state index contributed by atoms with van der Waals surface area (Å²) in [6.07, 6.45) is -4.05. The Morgan fingerprint density at radius 3 is 2.63 bits per heavy atom. The molecule has 98 valence electrons. The van der Waals surface area contributed by atoms with Crippen molar-refractivity contribution in [2.45, 2.75) is 6.18 Å². The van der Waals surface area contributed by atoms with Gasteiger partial charge in [-0.2, -0.15) is 18.4 Å². The molecule has 0 aliphatic carbocycles. The molecule has 7 heteroatoms. The Bertz CT molecular complexity index is 695. The summed E-state index contributed by atoms with van der Waals surface area (Å²) in [6, 6.07) is 4.58. The first-order valence-corrected chi connectivity index (χ1v) is 5.10. The van der Waals surface area contributed by atoms with Crippen molar-refractivity contribution in [2.24, 2.45) is 0 Å². The van der Waals surface area contributed by atoms with E-state index in [0.29, 0.717) is 0 Å². The lowest BCUT2D eigenvalue weighted by molar-refractivity contribution is -0.0884. The maximum absolute atomic E-state index is 12.5. The van der Waals surface area contributed by atoms with Crippen LogP contribution in [0.25, 0.3) is 10.9 Å². The van der Waals surface area contributed by atoms with E-state index in [-0.39, 0.29) is 22.2 Å². The number of halogens is 3. The number of ketones is 1. The van der Waals surface area contributed by atoms with E-state index in [1.807, 2.05) is 6.07 Å². The van der Waals surface area contributed by atoms with Gasteiger partial charge in [0.2, 0.25) is 0 Å². The summed E-state index contributed by atoms with van der Waals surface area (Å²) in [7, 11) is 1.27. The molecule has 0 amide bonds. The molecule has 0 saturated heterocycles. The van der Waals surface area contributed by atoms with Crippen molar-refractivity contribution in [1.29, 1.82) is 5.26 Å². The summed E-state index contributed by atoms with van der Waals surface area (Å²) < 4.78 is 42.4. The molecule has 19 heavy (non-hydrogen) atoms. The first-order valence-electron chi connectivity index (χ1n) is 5.10. The van der Waals surface area contributed by atoms with Crippen LogP contribution < -0.4 is 4.74 Å². The average Bonchev–Trinajstić information content (AvgIpc) is 2.80. The van der Waals surface area contributed by atoms with Gasteiger partial charge in [-0.3, -0.25) is 4.79 Å². The van der Waals surface area contributed by atoms with Gasteiger partial charge in [0.15, 0.2) is 0 Å². The van der Waals surface area contributed by atoms with Gasteiger partial charge in [0.25, 0.3) is 5.78 Å². The van der Waals surface area contributed by atoms with Crippen molar-refractivity contribution < 1.29 is 22.7 Å². The predicted octanol–water partition coefficient (Wildman–Crippen LogP) is 2.79. The normalized spacial score (nSPS) is 11.3.